The molecule has 0 fully saturated rings. The van der Waals surface area contributed by atoms with Gasteiger partial charge in [0.1, 0.15) is 17.4 Å². The van der Waals surface area contributed by atoms with Crippen LogP contribution in [0.2, 0.25) is 0 Å². The van der Waals surface area contributed by atoms with E-state index in [1.54, 1.807) is 6.21 Å². The minimum Gasteiger partial charge on any atom is -0.489 e. The first kappa shape index (κ1) is 18.5. The Morgan fingerprint density at radius 1 is 1.19 bits per heavy atom. The molecule has 0 aliphatic heterocycles. The average Bonchev–Trinajstić information content (AvgIpc) is 3.07. The lowest BCUT2D eigenvalue weighted by Gasteiger charge is -2.06. The molecule has 0 unspecified atom stereocenters. The summed E-state index contributed by atoms with van der Waals surface area (Å²) >= 11 is 1.18. The van der Waals surface area contributed by atoms with Crippen LogP contribution < -0.4 is 15.9 Å². The van der Waals surface area contributed by atoms with Gasteiger partial charge in [0.05, 0.1) is 12.6 Å². The van der Waals surface area contributed by atoms with E-state index in [0.717, 1.165) is 16.9 Å². The number of hydrazone groups is 1. The Bertz CT molecular complexity index is 920. The summed E-state index contributed by atoms with van der Waals surface area (Å²) in [5.74, 6) is 0.492. The van der Waals surface area contributed by atoms with Crippen molar-refractivity contribution in [3.05, 3.63) is 70.2 Å². The standard InChI is InChI=1S/C19H19N5O2S/c1-13-2-4-15(5-3-13)12-26-16-8-6-14(7-9-16)11-21-22-17(25)10-18-23-24-19(20)27-18/h2-9,11H,10,12H2,1H3,(H2,20,24)(H,22,25). The molecule has 138 valence electrons. The molecule has 7 nitrogen and oxygen atoms in total. The summed E-state index contributed by atoms with van der Waals surface area (Å²) in [5.41, 5.74) is 11.1. The van der Waals surface area contributed by atoms with Gasteiger partial charge in [-0.3, -0.25) is 4.79 Å². The number of amides is 1. The van der Waals surface area contributed by atoms with Gasteiger partial charge < -0.3 is 10.5 Å². The molecule has 0 saturated carbocycles. The van der Waals surface area contributed by atoms with Crippen LogP contribution in [0.1, 0.15) is 21.7 Å². The molecule has 0 aliphatic rings. The third kappa shape index (κ3) is 5.89. The zero-order valence-electron chi connectivity index (χ0n) is 14.8. The van der Waals surface area contributed by atoms with E-state index in [4.69, 9.17) is 10.5 Å². The number of nitrogens with one attached hydrogen (secondary N) is 1. The highest BCUT2D eigenvalue weighted by atomic mass is 32.1. The second kappa shape index (κ2) is 8.91. The first-order chi connectivity index (χ1) is 13.1. The van der Waals surface area contributed by atoms with E-state index in [1.807, 2.05) is 24.3 Å². The molecule has 1 heterocycles. The number of hydrogen-bond donors (Lipinski definition) is 2. The van der Waals surface area contributed by atoms with E-state index >= 15 is 0 Å². The number of carbonyl (C=O) groups excluding carboxylic acids is 1. The minimum atomic E-state index is -0.277. The van der Waals surface area contributed by atoms with Gasteiger partial charge in [-0.1, -0.05) is 41.2 Å². The van der Waals surface area contributed by atoms with Crippen molar-refractivity contribution in [1.82, 2.24) is 15.6 Å². The summed E-state index contributed by atoms with van der Waals surface area (Å²) in [5, 5.41) is 12.3. The van der Waals surface area contributed by atoms with Crippen LogP contribution in [-0.2, 0) is 17.8 Å². The van der Waals surface area contributed by atoms with E-state index in [0.29, 0.717) is 16.7 Å². The van der Waals surface area contributed by atoms with Crippen molar-refractivity contribution in [2.75, 3.05) is 5.73 Å². The van der Waals surface area contributed by atoms with Crippen molar-refractivity contribution >= 4 is 28.6 Å². The molecule has 8 heteroatoms. The van der Waals surface area contributed by atoms with Gasteiger partial charge in [-0.15, -0.1) is 10.2 Å². The molecule has 3 aromatic rings. The van der Waals surface area contributed by atoms with Crippen molar-refractivity contribution in [2.24, 2.45) is 5.10 Å². The van der Waals surface area contributed by atoms with Gasteiger partial charge in [-0.2, -0.15) is 5.10 Å². The molecule has 2 aromatic carbocycles. The Balaban J connectivity index is 1.46. The van der Waals surface area contributed by atoms with E-state index in [1.165, 1.54) is 16.9 Å². The summed E-state index contributed by atoms with van der Waals surface area (Å²) in [7, 11) is 0. The smallest absolute Gasteiger partial charge is 0.247 e. The number of aromatic nitrogens is 2. The molecule has 0 aliphatic carbocycles. The van der Waals surface area contributed by atoms with Crippen LogP contribution in [0.3, 0.4) is 0 Å². The number of nitrogens with zero attached hydrogens (tertiary/aromatic N) is 3. The van der Waals surface area contributed by atoms with Crippen LogP contribution >= 0.6 is 11.3 Å². The summed E-state index contributed by atoms with van der Waals surface area (Å²) in [6.07, 6.45) is 1.66. The minimum absolute atomic E-state index is 0.0952. The highest BCUT2D eigenvalue weighted by Crippen LogP contribution is 2.14. The Morgan fingerprint density at radius 3 is 2.59 bits per heavy atom. The molecule has 3 rings (SSSR count). The maximum Gasteiger partial charge on any atom is 0.247 e. The van der Waals surface area contributed by atoms with Gasteiger partial charge >= 0.3 is 0 Å². The number of benzene rings is 2. The van der Waals surface area contributed by atoms with E-state index in [9.17, 15) is 4.79 Å². The monoisotopic (exact) mass is 381 g/mol. The van der Waals surface area contributed by atoms with Crippen LogP contribution in [0.25, 0.3) is 0 Å². The van der Waals surface area contributed by atoms with Gasteiger partial charge in [0, 0.05) is 0 Å². The largest absolute Gasteiger partial charge is 0.489 e. The SMILES string of the molecule is Cc1ccc(COc2ccc(C=NNC(=O)Cc3nnc(N)s3)cc2)cc1. The molecule has 0 bridgehead atoms. The van der Waals surface area contributed by atoms with Gasteiger partial charge in [0.25, 0.3) is 0 Å². The maximum atomic E-state index is 11.8. The third-order valence-corrected chi connectivity index (χ3v) is 4.36. The summed E-state index contributed by atoms with van der Waals surface area (Å²) in [6.45, 7) is 2.57. The fraction of sp³-hybridized carbons (Fsp3) is 0.158. The number of aryl methyl sites for hydroxylation is 1. The lowest BCUT2D eigenvalue weighted by Crippen LogP contribution is -2.19. The van der Waals surface area contributed by atoms with Crippen LogP contribution in [0.5, 0.6) is 5.75 Å². The fourth-order valence-corrected chi connectivity index (χ4v) is 2.80. The quantitative estimate of drug-likeness (QED) is 0.484. The van der Waals surface area contributed by atoms with E-state index in [-0.39, 0.29) is 12.3 Å². The molecular formula is C19H19N5O2S. The van der Waals surface area contributed by atoms with Crippen LogP contribution in [0.15, 0.2) is 53.6 Å². The molecule has 0 spiro atoms. The van der Waals surface area contributed by atoms with Crippen molar-refractivity contribution in [2.45, 2.75) is 20.0 Å². The predicted octanol–water partition coefficient (Wildman–Crippen LogP) is 2.70. The lowest BCUT2D eigenvalue weighted by atomic mass is 10.2. The van der Waals surface area contributed by atoms with Gasteiger partial charge in [-0.25, -0.2) is 5.43 Å². The molecule has 1 aromatic heterocycles. The first-order valence-corrected chi connectivity index (χ1v) is 9.08. The number of rotatable bonds is 7. The van der Waals surface area contributed by atoms with Gasteiger partial charge in [-0.05, 0) is 42.3 Å². The molecule has 27 heavy (non-hydrogen) atoms. The maximum absolute atomic E-state index is 11.8. The zero-order chi connectivity index (χ0) is 19.1. The normalized spacial score (nSPS) is 10.9. The van der Waals surface area contributed by atoms with Crippen molar-refractivity contribution in [3.8, 4) is 5.75 Å². The van der Waals surface area contributed by atoms with Crippen molar-refractivity contribution < 1.29 is 9.53 Å². The lowest BCUT2D eigenvalue weighted by molar-refractivity contribution is -0.120. The Hall–Kier alpha value is -3.26. The van der Waals surface area contributed by atoms with Crippen LogP contribution in [0.4, 0.5) is 5.13 Å². The van der Waals surface area contributed by atoms with Crippen molar-refractivity contribution in [3.63, 3.8) is 0 Å². The van der Waals surface area contributed by atoms with Crippen molar-refractivity contribution in [1.29, 1.82) is 0 Å². The summed E-state index contributed by atoms with van der Waals surface area (Å²) in [4.78, 5) is 11.8. The summed E-state index contributed by atoms with van der Waals surface area (Å²) in [6, 6.07) is 15.7. The molecular weight excluding hydrogens is 362 g/mol. The second-order valence-electron chi connectivity index (χ2n) is 5.85. The molecule has 0 radical (unpaired) electrons. The summed E-state index contributed by atoms with van der Waals surface area (Å²) < 4.78 is 5.76. The Labute approximate surface area is 160 Å². The fourth-order valence-electron chi connectivity index (χ4n) is 2.19. The molecule has 3 N–H and O–H groups in total. The molecule has 0 atom stereocenters. The second-order valence-corrected chi connectivity index (χ2v) is 6.94. The predicted molar refractivity (Wildman–Crippen MR) is 106 cm³/mol. The molecule has 0 saturated heterocycles. The van der Waals surface area contributed by atoms with Gasteiger partial charge in [0.15, 0.2) is 0 Å². The third-order valence-electron chi connectivity index (χ3n) is 3.60. The average molecular weight is 381 g/mol. The van der Waals surface area contributed by atoms with Crippen LogP contribution in [-0.4, -0.2) is 22.3 Å². The van der Waals surface area contributed by atoms with E-state index in [2.05, 4.69) is 51.9 Å². The number of nitrogen functional groups attached to an aromatic ring is 1. The highest BCUT2D eigenvalue weighted by Gasteiger charge is 2.07. The van der Waals surface area contributed by atoms with Gasteiger partial charge in [0.2, 0.25) is 11.0 Å². The Morgan fingerprint density at radius 2 is 1.93 bits per heavy atom. The number of carbonyl (C=O) groups is 1. The number of anilines is 1. The molecule has 1 amide bonds. The highest BCUT2D eigenvalue weighted by molar-refractivity contribution is 7.15. The van der Waals surface area contributed by atoms with E-state index < -0.39 is 0 Å². The first-order valence-electron chi connectivity index (χ1n) is 8.26. The Kier molecular flexibility index (Phi) is 6.11. The topological polar surface area (TPSA) is 102 Å². The number of hydrogen-bond acceptors (Lipinski definition) is 7. The zero-order valence-corrected chi connectivity index (χ0v) is 15.6. The number of nitrogens with two attached hydrogens (primary N) is 1. The van der Waals surface area contributed by atoms with Crippen LogP contribution in [0, 0.1) is 6.92 Å². The number of ether oxygens (including phenoxy) is 1.